The monoisotopic (exact) mass is 382 g/mol. The lowest BCUT2D eigenvalue weighted by Crippen LogP contribution is -2.38. The molecule has 146 valence electrons. The van der Waals surface area contributed by atoms with E-state index in [9.17, 15) is 18.0 Å². The second-order valence-electron chi connectivity index (χ2n) is 6.84. The molecule has 1 aromatic carbocycles. The molecular weight excluding hydrogens is 361 g/mol. The lowest BCUT2D eigenvalue weighted by molar-refractivity contribution is -0.157. The van der Waals surface area contributed by atoms with Crippen molar-refractivity contribution >= 4 is 11.6 Å². The van der Waals surface area contributed by atoms with Gasteiger partial charge in [0, 0.05) is 11.6 Å². The summed E-state index contributed by atoms with van der Waals surface area (Å²) in [5.74, 6) is -1.63. The molecule has 1 aromatic heterocycles. The Labute approximate surface area is 154 Å². The number of aryl methyl sites for hydroxylation is 2. The van der Waals surface area contributed by atoms with E-state index in [0.717, 1.165) is 16.8 Å². The van der Waals surface area contributed by atoms with Crippen LogP contribution in [0.15, 0.2) is 22.6 Å². The van der Waals surface area contributed by atoms with Gasteiger partial charge in [-0.2, -0.15) is 13.2 Å². The lowest BCUT2D eigenvalue weighted by atomic mass is 9.97. The van der Waals surface area contributed by atoms with Gasteiger partial charge in [0.1, 0.15) is 0 Å². The minimum absolute atomic E-state index is 0.0153. The topological polar surface area (TPSA) is 71.3 Å². The van der Waals surface area contributed by atoms with Gasteiger partial charge in [-0.25, -0.2) is 0 Å². The maximum absolute atomic E-state index is 12.6. The summed E-state index contributed by atoms with van der Waals surface area (Å²) in [5.41, 5.74) is 3.01. The van der Waals surface area contributed by atoms with Crippen molar-refractivity contribution in [1.82, 2.24) is 15.1 Å². The minimum atomic E-state index is -4.63. The standard InChI is InChI=1S/C18H21F3N4O2/c1-11-3-4-14(9-12(11)2)22-15(26)10-25-7-5-13(6-8-25)16-23-24-17(27-16)18(19,20)21/h3-4,9,13H,5-8,10H2,1-2H3,(H,22,26). The first-order chi connectivity index (χ1) is 12.7. The number of piperidine rings is 1. The van der Waals surface area contributed by atoms with Gasteiger partial charge in [-0.15, -0.1) is 10.2 Å². The van der Waals surface area contributed by atoms with Gasteiger partial charge in [0.15, 0.2) is 0 Å². The summed E-state index contributed by atoms with van der Waals surface area (Å²) >= 11 is 0. The van der Waals surface area contributed by atoms with E-state index in [0.29, 0.717) is 25.9 Å². The van der Waals surface area contributed by atoms with Crippen molar-refractivity contribution in [3.05, 3.63) is 41.1 Å². The summed E-state index contributed by atoms with van der Waals surface area (Å²) in [6.07, 6.45) is -3.49. The predicted molar refractivity (Wildman–Crippen MR) is 92.3 cm³/mol. The summed E-state index contributed by atoms with van der Waals surface area (Å²) in [6, 6.07) is 5.74. The van der Waals surface area contributed by atoms with Crippen molar-refractivity contribution in [1.29, 1.82) is 0 Å². The van der Waals surface area contributed by atoms with Gasteiger partial charge < -0.3 is 9.73 Å². The largest absolute Gasteiger partial charge is 0.470 e. The van der Waals surface area contributed by atoms with E-state index in [1.807, 2.05) is 36.9 Å². The Morgan fingerprint density at radius 2 is 1.93 bits per heavy atom. The molecule has 0 aliphatic carbocycles. The van der Waals surface area contributed by atoms with Crippen LogP contribution in [0.5, 0.6) is 0 Å². The number of nitrogens with one attached hydrogen (secondary N) is 1. The number of hydrogen-bond acceptors (Lipinski definition) is 5. The van der Waals surface area contributed by atoms with E-state index >= 15 is 0 Å². The fourth-order valence-electron chi connectivity index (χ4n) is 3.07. The number of likely N-dealkylation sites (tertiary alicyclic amines) is 1. The normalized spacial score (nSPS) is 16.5. The number of carbonyl (C=O) groups is 1. The SMILES string of the molecule is Cc1ccc(NC(=O)CN2CCC(c3nnc(C(F)(F)F)o3)CC2)cc1C. The molecule has 1 saturated heterocycles. The average Bonchev–Trinajstić information content (AvgIpc) is 3.09. The Hall–Kier alpha value is -2.42. The molecule has 0 radical (unpaired) electrons. The number of aromatic nitrogens is 2. The Morgan fingerprint density at radius 1 is 1.22 bits per heavy atom. The number of amides is 1. The van der Waals surface area contributed by atoms with Crippen molar-refractivity contribution < 1.29 is 22.4 Å². The fourth-order valence-corrected chi connectivity index (χ4v) is 3.07. The van der Waals surface area contributed by atoms with Crippen LogP contribution in [0.4, 0.5) is 18.9 Å². The number of nitrogens with zero attached hydrogens (tertiary/aromatic N) is 3. The van der Waals surface area contributed by atoms with Crippen LogP contribution in [0.3, 0.4) is 0 Å². The zero-order valence-corrected chi connectivity index (χ0v) is 15.1. The Kier molecular flexibility index (Phi) is 5.50. The van der Waals surface area contributed by atoms with Crippen LogP contribution in [0.2, 0.25) is 0 Å². The number of benzene rings is 1. The van der Waals surface area contributed by atoms with Gasteiger partial charge in [-0.3, -0.25) is 9.69 Å². The summed E-state index contributed by atoms with van der Waals surface area (Å²) in [5, 5.41) is 9.47. The van der Waals surface area contributed by atoms with Crippen molar-refractivity contribution in [3.63, 3.8) is 0 Å². The molecular formula is C18H21F3N4O2. The first kappa shape index (κ1) is 19.3. The van der Waals surface area contributed by atoms with Crippen LogP contribution in [0.1, 0.15) is 41.7 Å². The summed E-state index contributed by atoms with van der Waals surface area (Å²) < 4.78 is 42.4. The number of anilines is 1. The van der Waals surface area contributed by atoms with Crippen LogP contribution in [0, 0.1) is 13.8 Å². The van der Waals surface area contributed by atoms with Crippen molar-refractivity contribution in [3.8, 4) is 0 Å². The second kappa shape index (κ2) is 7.67. The first-order valence-electron chi connectivity index (χ1n) is 8.72. The molecule has 0 saturated carbocycles. The van der Waals surface area contributed by atoms with E-state index < -0.39 is 12.1 Å². The molecule has 0 bridgehead atoms. The number of halogens is 3. The molecule has 1 fully saturated rings. The second-order valence-corrected chi connectivity index (χ2v) is 6.84. The highest BCUT2D eigenvalue weighted by Gasteiger charge is 2.39. The third-order valence-corrected chi connectivity index (χ3v) is 4.78. The molecule has 3 rings (SSSR count). The van der Waals surface area contributed by atoms with Gasteiger partial charge in [0.05, 0.1) is 6.54 Å². The quantitative estimate of drug-likeness (QED) is 0.876. The van der Waals surface area contributed by atoms with Gasteiger partial charge in [0.2, 0.25) is 11.8 Å². The van der Waals surface area contributed by atoms with Crippen molar-refractivity contribution in [2.75, 3.05) is 25.0 Å². The molecule has 2 heterocycles. The highest BCUT2D eigenvalue weighted by Crippen LogP contribution is 2.32. The first-order valence-corrected chi connectivity index (χ1v) is 8.72. The maximum atomic E-state index is 12.6. The number of rotatable bonds is 4. The van der Waals surface area contributed by atoms with Crippen molar-refractivity contribution in [2.45, 2.75) is 38.8 Å². The minimum Gasteiger partial charge on any atom is -0.417 e. The van der Waals surface area contributed by atoms with Gasteiger partial charge >= 0.3 is 12.1 Å². The highest BCUT2D eigenvalue weighted by molar-refractivity contribution is 5.92. The molecule has 0 spiro atoms. The summed E-state index contributed by atoms with van der Waals surface area (Å²) in [4.78, 5) is 14.2. The molecule has 0 unspecified atom stereocenters. The third kappa shape index (κ3) is 4.85. The van der Waals surface area contributed by atoms with Crippen LogP contribution >= 0.6 is 0 Å². The maximum Gasteiger partial charge on any atom is 0.470 e. The fraction of sp³-hybridized carbons (Fsp3) is 0.500. The summed E-state index contributed by atoms with van der Waals surface area (Å²) in [6.45, 7) is 5.38. The van der Waals surface area contributed by atoms with Gasteiger partial charge in [0.25, 0.3) is 0 Å². The number of carbonyl (C=O) groups excluding carboxylic acids is 1. The molecule has 6 nitrogen and oxygen atoms in total. The van der Waals surface area contributed by atoms with E-state index in [1.54, 1.807) is 0 Å². The van der Waals surface area contributed by atoms with Crippen LogP contribution in [-0.4, -0.2) is 40.6 Å². The Morgan fingerprint density at radius 3 is 2.52 bits per heavy atom. The molecule has 9 heteroatoms. The van der Waals surface area contributed by atoms with E-state index in [1.165, 1.54) is 0 Å². The third-order valence-electron chi connectivity index (χ3n) is 4.78. The lowest BCUT2D eigenvalue weighted by Gasteiger charge is -2.29. The predicted octanol–water partition coefficient (Wildman–Crippen LogP) is 3.52. The average molecular weight is 382 g/mol. The van der Waals surface area contributed by atoms with E-state index in [4.69, 9.17) is 4.42 Å². The molecule has 1 amide bonds. The Bertz CT molecular complexity index is 811. The molecule has 1 aliphatic heterocycles. The molecule has 0 atom stereocenters. The zero-order chi connectivity index (χ0) is 19.6. The van der Waals surface area contributed by atoms with Crippen LogP contribution < -0.4 is 5.32 Å². The zero-order valence-electron chi connectivity index (χ0n) is 15.1. The molecule has 1 N–H and O–H groups in total. The van der Waals surface area contributed by atoms with E-state index in [2.05, 4.69) is 15.5 Å². The Balaban J connectivity index is 1.49. The van der Waals surface area contributed by atoms with Crippen LogP contribution in [-0.2, 0) is 11.0 Å². The van der Waals surface area contributed by atoms with Crippen molar-refractivity contribution in [2.24, 2.45) is 0 Å². The number of hydrogen-bond donors (Lipinski definition) is 1. The van der Waals surface area contributed by atoms with Gasteiger partial charge in [-0.05, 0) is 63.0 Å². The molecule has 2 aromatic rings. The molecule has 1 aliphatic rings. The summed E-state index contributed by atoms with van der Waals surface area (Å²) in [7, 11) is 0. The molecule has 27 heavy (non-hydrogen) atoms. The van der Waals surface area contributed by atoms with Gasteiger partial charge in [-0.1, -0.05) is 6.07 Å². The van der Waals surface area contributed by atoms with Crippen LogP contribution in [0.25, 0.3) is 0 Å². The van der Waals surface area contributed by atoms with E-state index in [-0.39, 0.29) is 24.3 Å². The highest BCUT2D eigenvalue weighted by atomic mass is 19.4. The smallest absolute Gasteiger partial charge is 0.417 e. The number of alkyl halides is 3.